The fourth-order valence-corrected chi connectivity index (χ4v) is 3.93. The van der Waals surface area contributed by atoms with Gasteiger partial charge in [-0.3, -0.25) is 14.8 Å². The zero-order valence-corrected chi connectivity index (χ0v) is 21.3. The first-order chi connectivity index (χ1) is 13.6. The molecule has 2 rings (SSSR count). The van der Waals surface area contributed by atoms with Gasteiger partial charge >= 0.3 is 0 Å². The molecular formula is C21H44IN5O2. The summed E-state index contributed by atoms with van der Waals surface area (Å²) in [6, 6.07) is 0.526. The standard InChI is InChI=1S/C21H43N5O2.HI/c1-5-22-21(23-15-19(4)17-25-6-10-27-11-7-25)24-16-20(14-18(2)3)26-8-12-28-13-9-26;/h18-20H,5-17H2,1-4H3,(H2,22,23,24);1H. The third-order valence-electron chi connectivity index (χ3n) is 5.39. The van der Waals surface area contributed by atoms with Crippen LogP contribution in [0.2, 0.25) is 0 Å². The second kappa shape index (κ2) is 15.6. The van der Waals surface area contributed by atoms with Crippen LogP contribution in [0.15, 0.2) is 4.99 Å². The van der Waals surface area contributed by atoms with Gasteiger partial charge in [0.1, 0.15) is 0 Å². The van der Waals surface area contributed by atoms with E-state index in [9.17, 15) is 0 Å². The third-order valence-corrected chi connectivity index (χ3v) is 5.39. The smallest absolute Gasteiger partial charge is 0.191 e. The maximum atomic E-state index is 5.54. The Balaban J connectivity index is 0.00000420. The van der Waals surface area contributed by atoms with Crippen molar-refractivity contribution in [1.29, 1.82) is 0 Å². The molecule has 0 amide bonds. The van der Waals surface area contributed by atoms with Crippen LogP contribution in [0.3, 0.4) is 0 Å². The lowest BCUT2D eigenvalue weighted by molar-refractivity contribution is 0.0132. The number of aliphatic imine (C=N–C) groups is 1. The van der Waals surface area contributed by atoms with Gasteiger partial charge in [-0.05, 0) is 25.2 Å². The Morgan fingerprint density at radius 2 is 1.59 bits per heavy atom. The number of hydrogen-bond acceptors (Lipinski definition) is 5. The highest BCUT2D eigenvalue weighted by Gasteiger charge is 2.22. The molecule has 172 valence electrons. The fourth-order valence-electron chi connectivity index (χ4n) is 3.93. The van der Waals surface area contributed by atoms with E-state index >= 15 is 0 Å². The number of hydrogen-bond donors (Lipinski definition) is 2. The van der Waals surface area contributed by atoms with Crippen LogP contribution in [-0.4, -0.2) is 101 Å². The van der Waals surface area contributed by atoms with Gasteiger partial charge in [0.2, 0.25) is 0 Å². The molecule has 2 aliphatic heterocycles. The molecule has 0 radical (unpaired) electrons. The molecule has 2 heterocycles. The summed E-state index contributed by atoms with van der Waals surface area (Å²) in [6.45, 7) is 20.4. The van der Waals surface area contributed by atoms with Crippen molar-refractivity contribution in [3.8, 4) is 0 Å². The van der Waals surface area contributed by atoms with Gasteiger partial charge in [0, 0.05) is 58.4 Å². The first-order valence-corrected chi connectivity index (χ1v) is 11.2. The Hall–Kier alpha value is -0.160. The van der Waals surface area contributed by atoms with E-state index in [-0.39, 0.29) is 24.0 Å². The Kier molecular flexibility index (Phi) is 14.5. The minimum atomic E-state index is 0. The normalized spacial score (nSPS) is 21.5. The highest BCUT2D eigenvalue weighted by atomic mass is 127. The molecule has 0 saturated carbocycles. The third kappa shape index (κ3) is 11.1. The molecule has 2 unspecified atom stereocenters. The summed E-state index contributed by atoms with van der Waals surface area (Å²) in [7, 11) is 0. The van der Waals surface area contributed by atoms with Gasteiger partial charge in [0.05, 0.1) is 26.4 Å². The molecule has 2 fully saturated rings. The van der Waals surface area contributed by atoms with E-state index in [0.29, 0.717) is 17.9 Å². The van der Waals surface area contributed by atoms with Crippen LogP contribution < -0.4 is 10.6 Å². The molecule has 7 nitrogen and oxygen atoms in total. The second-order valence-electron chi connectivity index (χ2n) is 8.55. The predicted octanol–water partition coefficient (Wildman–Crippen LogP) is 1.87. The van der Waals surface area contributed by atoms with Crippen molar-refractivity contribution < 1.29 is 9.47 Å². The number of ether oxygens (including phenoxy) is 2. The Bertz CT molecular complexity index is 441. The first-order valence-electron chi connectivity index (χ1n) is 11.2. The lowest BCUT2D eigenvalue weighted by atomic mass is 10.0. The predicted molar refractivity (Wildman–Crippen MR) is 131 cm³/mol. The van der Waals surface area contributed by atoms with Crippen molar-refractivity contribution in [2.75, 3.05) is 78.8 Å². The molecule has 2 saturated heterocycles. The van der Waals surface area contributed by atoms with E-state index in [1.54, 1.807) is 0 Å². The monoisotopic (exact) mass is 525 g/mol. The lowest BCUT2D eigenvalue weighted by Crippen LogP contribution is -2.51. The van der Waals surface area contributed by atoms with E-state index in [2.05, 4.69) is 48.1 Å². The van der Waals surface area contributed by atoms with Crippen LogP contribution in [-0.2, 0) is 9.47 Å². The second-order valence-corrected chi connectivity index (χ2v) is 8.55. The van der Waals surface area contributed by atoms with Gasteiger partial charge in [0.25, 0.3) is 0 Å². The summed E-state index contributed by atoms with van der Waals surface area (Å²) < 4.78 is 11.0. The summed E-state index contributed by atoms with van der Waals surface area (Å²) in [5.74, 6) is 2.17. The minimum absolute atomic E-state index is 0. The zero-order valence-electron chi connectivity index (χ0n) is 19.0. The molecule has 0 aromatic heterocycles. The average Bonchev–Trinajstić information content (AvgIpc) is 2.70. The Labute approximate surface area is 195 Å². The van der Waals surface area contributed by atoms with Gasteiger partial charge in [0.15, 0.2) is 5.96 Å². The van der Waals surface area contributed by atoms with Crippen molar-refractivity contribution >= 4 is 29.9 Å². The van der Waals surface area contributed by atoms with Gasteiger partial charge in [-0.25, -0.2) is 0 Å². The van der Waals surface area contributed by atoms with Crippen LogP contribution in [0.1, 0.15) is 34.1 Å². The van der Waals surface area contributed by atoms with Crippen LogP contribution in [0, 0.1) is 11.8 Å². The van der Waals surface area contributed by atoms with Crippen molar-refractivity contribution in [1.82, 2.24) is 20.4 Å². The van der Waals surface area contributed by atoms with Crippen LogP contribution in [0.5, 0.6) is 0 Å². The van der Waals surface area contributed by atoms with E-state index in [1.165, 1.54) is 6.42 Å². The molecule has 29 heavy (non-hydrogen) atoms. The molecular weight excluding hydrogens is 481 g/mol. The molecule has 0 bridgehead atoms. The van der Waals surface area contributed by atoms with Gasteiger partial charge in [-0.2, -0.15) is 0 Å². The number of halogens is 1. The lowest BCUT2D eigenvalue weighted by Gasteiger charge is -2.35. The highest BCUT2D eigenvalue weighted by Crippen LogP contribution is 2.13. The van der Waals surface area contributed by atoms with Gasteiger partial charge in [-0.15, -0.1) is 24.0 Å². The van der Waals surface area contributed by atoms with Crippen molar-refractivity contribution in [3.05, 3.63) is 0 Å². The molecule has 2 N–H and O–H groups in total. The summed E-state index contributed by atoms with van der Waals surface area (Å²) in [5.41, 5.74) is 0. The first kappa shape index (κ1) is 26.9. The summed E-state index contributed by atoms with van der Waals surface area (Å²) in [6.07, 6.45) is 1.19. The number of guanidine groups is 1. The molecule has 2 atom stereocenters. The summed E-state index contributed by atoms with van der Waals surface area (Å²) in [4.78, 5) is 9.93. The molecule has 8 heteroatoms. The minimum Gasteiger partial charge on any atom is -0.379 e. The molecule has 2 aliphatic rings. The largest absolute Gasteiger partial charge is 0.379 e. The highest BCUT2D eigenvalue weighted by molar-refractivity contribution is 14.0. The zero-order chi connectivity index (χ0) is 20.2. The molecule has 0 aliphatic carbocycles. The average molecular weight is 526 g/mol. The Morgan fingerprint density at radius 3 is 2.17 bits per heavy atom. The maximum absolute atomic E-state index is 5.54. The summed E-state index contributed by atoms with van der Waals surface area (Å²) in [5, 5.41) is 7.02. The van der Waals surface area contributed by atoms with Crippen LogP contribution in [0.4, 0.5) is 0 Å². The number of nitrogens with zero attached hydrogens (tertiary/aromatic N) is 3. The van der Waals surface area contributed by atoms with Crippen LogP contribution >= 0.6 is 24.0 Å². The van der Waals surface area contributed by atoms with Gasteiger partial charge in [-0.1, -0.05) is 20.8 Å². The van der Waals surface area contributed by atoms with Crippen molar-refractivity contribution in [3.63, 3.8) is 0 Å². The molecule has 0 spiro atoms. The van der Waals surface area contributed by atoms with Crippen molar-refractivity contribution in [2.24, 2.45) is 16.8 Å². The maximum Gasteiger partial charge on any atom is 0.191 e. The van der Waals surface area contributed by atoms with Gasteiger partial charge < -0.3 is 20.1 Å². The molecule has 0 aromatic carbocycles. The fraction of sp³-hybridized carbons (Fsp3) is 0.952. The SMILES string of the molecule is CCNC(=NCC(C)CN1CCOCC1)NCC(CC(C)C)N1CCOCC1.I. The quantitative estimate of drug-likeness (QED) is 0.258. The van der Waals surface area contributed by atoms with Crippen LogP contribution in [0.25, 0.3) is 0 Å². The molecule has 0 aromatic rings. The van der Waals surface area contributed by atoms with E-state index in [1.807, 2.05) is 0 Å². The van der Waals surface area contributed by atoms with E-state index in [4.69, 9.17) is 14.5 Å². The van der Waals surface area contributed by atoms with E-state index < -0.39 is 0 Å². The Morgan fingerprint density at radius 1 is 0.966 bits per heavy atom. The summed E-state index contributed by atoms with van der Waals surface area (Å²) >= 11 is 0. The number of morpholine rings is 2. The van der Waals surface area contributed by atoms with Crippen molar-refractivity contribution in [2.45, 2.75) is 40.2 Å². The topological polar surface area (TPSA) is 61.4 Å². The van der Waals surface area contributed by atoms with E-state index in [0.717, 1.165) is 84.7 Å². The number of nitrogens with one attached hydrogen (secondary N) is 2. The number of rotatable bonds is 10.